The predicted octanol–water partition coefficient (Wildman–Crippen LogP) is 5.55. The summed E-state index contributed by atoms with van der Waals surface area (Å²) in [5, 5.41) is 0. The molecule has 0 spiro atoms. The monoisotopic (exact) mass is 552 g/mol. The van der Waals surface area contributed by atoms with E-state index in [4.69, 9.17) is 44.5 Å². The fourth-order valence-corrected chi connectivity index (χ4v) is 5.42. The first-order chi connectivity index (χ1) is 17.0. The van der Waals surface area contributed by atoms with Crippen molar-refractivity contribution in [3.63, 3.8) is 0 Å². The highest BCUT2D eigenvalue weighted by atomic mass is 35.6. The highest BCUT2D eigenvalue weighted by Gasteiger charge is 2.44. The summed E-state index contributed by atoms with van der Waals surface area (Å²) in [5.41, 5.74) is 1.47. The van der Waals surface area contributed by atoms with Gasteiger partial charge in [-0.05, 0) is 70.7 Å². The number of anilines is 2. The standard InChI is InChI=1S/C25H31Cl3N6O2/c1-24(2,3)36-23(35)34-15-18-10-11-19(34)14-33(18)22-30-20(29-21(31-22)25(26,27)28)16-6-8-17(9-7-16)32-12-4-5-13-32/h6-9,18-19H,4-5,10-15H2,1-3H3. The average molecular weight is 554 g/mol. The minimum atomic E-state index is -1.79. The first-order valence-electron chi connectivity index (χ1n) is 12.4. The molecule has 8 nitrogen and oxygen atoms in total. The number of benzene rings is 1. The van der Waals surface area contributed by atoms with Gasteiger partial charge in [0.05, 0.1) is 6.04 Å². The second-order valence-electron chi connectivity index (χ2n) is 10.7. The number of amides is 1. The Morgan fingerprint density at radius 3 is 2.19 bits per heavy atom. The zero-order valence-electron chi connectivity index (χ0n) is 20.8. The van der Waals surface area contributed by atoms with E-state index >= 15 is 0 Å². The highest BCUT2D eigenvalue weighted by Crippen LogP contribution is 2.39. The van der Waals surface area contributed by atoms with Crippen molar-refractivity contribution >= 4 is 52.5 Å². The minimum absolute atomic E-state index is 0.000946. The van der Waals surface area contributed by atoms with Crippen LogP contribution < -0.4 is 9.80 Å². The third-order valence-electron chi connectivity index (χ3n) is 6.89. The third kappa shape index (κ3) is 5.46. The van der Waals surface area contributed by atoms with Crippen LogP contribution in [0.1, 0.15) is 52.3 Å². The number of ether oxygens (including phenoxy) is 1. The largest absolute Gasteiger partial charge is 0.444 e. The average Bonchev–Trinajstić information content (AvgIpc) is 3.37. The van der Waals surface area contributed by atoms with Gasteiger partial charge >= 0.3 is 6.09 Å². The summed E-state index contributed by atoms with van der Waals surface area (Å²) in [6.07, 6.45) is 3.96. The Kier molecular flexibility index (Phi) is 6.89. The topological polar surface area (TPSA) is 74.7 Å². The van der Waals surface area contributed by atoms with E-state index < -0.39 is 9.39 Å². The van der Waals surface area contributed by atoms with Gasteiger partial charge in [-0.1, -0.05) is 34.8 Å². The van der Waals surface area contributed by atoms with Gasteiger partial charge in [0.25, 0.3) is 0 Å². The number of alkyl halides is 3. The maximum absolute atomic E-state index is 12.8. The van der Waals surface area contributed by atoms with Crippen molar-refractivity contribution in [1.29, 1.82) is 0 Å². The number of halogens is 3. The van der Waals surface area contributed by atoms with Crippen molar-refractivity contribution in [1.82, 2.24) is 19.9 Å². The fraction of sp³-hybridized carbons (Fsp3) is 0.600. The molecule has 0 N–H and O–H groups in total. The zero-order valence-corrected chi connectivity index (χ0v) is 23.0. The molecule has 0 radical (unpaired) electrons. The summed E-state index contributed by atoms with van der Waals surface area (Å²) in [6.45, 7) is 8.90. The second kappa shape index (κ2) is 9.69. The molecule has 6 rings (SSSR count). The van der Waals surface area contributed by atoms with E-state index in [0.717, 1.165) is 31.5 Å². The summed E-state index contributed by atoms with van der Waals surface area (Å²) in [6, 6.07) is 8.21. The van der Waals surface area contributed by atoms with E-state index in [1.54, 1.807) is 0 Å². The van der Waals surface area contributed by atoms with Gasteiger partial charge < -0.3 is 19.4 Å². The van der Waals surface area contributed by atoms with E-state index in [2.05, 4.69) is 31.9 Å². The molecule has 0 saturated carbocycles. The molecule has 1 aromatic carbocycles. The number of piperazine rings is 1. The van der Waals surface area contributed by atoms with Crippen molar-refractivity contribution in [3.8, 4) is 11.4 Å². The molecule has 11 heteroatoms. The molecular formula is C25H31Cl3N6O2. The van der Waals surface area contributed by atoms with Crippen LogP contribution in [0.25, 0.3) is 11.4 Å². The Morgan fingerprint density at radius 1 is 0.944 bits per heavy atom. The molecule has 0 aliphatic carbocycles. The van der Waals surface area contributed by atoms with Crippen LogP contribution in [0.3, 0.4) is 0 Å². The van der Waals surface area contributed by atoms with Crippen molar-refractivity contribution in [2.24, 2.45) is 0 Å². The summed E-state index contributed by atoms with van der Waals surface area (Å²) in [5.74, 6) is 1.00. The molecule has 36 heavy (non-hydrogen) atoms. The van der Waals surface area contributed by atoms with Crippen LogP contribution in [0, 0.1) is 0 Å². The number of piperidine rings is 2. The molecule has 1 amide bonds. The number of hydrogen-bond acceptors (Lipinski definition) is 7. The van der Waals surface area contributed by atoms with E-state index in [-0.39, 0.29) is 24.0 Å². The van der Waals surface area contributed by atoms with Crippen LogP contribution in [0.15, 0.2) is 24.3 Å². The first-order valence-corrected chi connectivity index (χ1v) is 13.6. The molecule has 2 unspecified atom stereocenters. The SMILES string of the molecule is CC(C)(C)OC(=O)N1CC2CCC1CN2c1nc(-c2ccc(N3CCCC3)cc2)nc(C(Cl)(Cl)Cl)n1. The van der Waals surface area contributed by atoms with Crippen LogP contribution in [-0.2, 0) is 8.53 Å². The van der Waals surface area contributed by atoms with Gasteiger partial charge in [-0.25, -0.2) is 9.78 Å². The summed E-state index contributed by atoms with van der Waals surface area (Å²) < 4.78 is 3.84. The van der Waals surface area contributed by atoms with Crippen molar-refractivity contribution in [2.45, 2.75) is 67.9 Å². The smallest absolute Gasteiger partial charge is 0.410 e. The number of carbonyl (C=O) groups is 1. The molecule has 4 fully saturated rings. The van der Waals surface area contributed by atoms with E-state index in [1.165, 1.54) is 18.5 Å². The molecule has 4 aliphatic heterocycles. The van der Waals surface area contributed by atoms with E-state index in [0.29, 0.717) is 24.9 Å². The van der Waals surface area contributed by atoms with Crippen LogP contribution in [0.4, 0.5) is 16.4 Å². The molecule has 2 atom stereocenters. The third-order valence-corrected chi connectivity index (χ3v) is 7.40. The Balaban J connectivity index is 1.42. The molecule has 4 saturated heterocycles. The Bertz CT molecular complexity index is 1110. The summed E-state index contributed by atoms with van der Waals surface area (Å²) >= 11 is 18.7. The van der Waals surface area contributed by atoms with Gasteiger partial charge in [-0.2, -0.15) is 9.97 Å². The second-order valence-corrected chi connectivity index (χ2v) is 13.0. The van der Waals surface area contributed by atoms with Crippen LogP contribution in [0.2, 0.25) is 0 Å². The zero-order chi connectivity index (χ0) is 25.7. The van der Waals surface area contributed by atoms with Gasteiger partial charge in [0.2, 0.25) is 9.74 Å². The number of carbonyl (C=O) groups excluding carboxylic acids is 1. The van der Waals surface area contributed by atoms with Gasteiger partial charge in [0, 0.05) is 43.5 Å². The molecule has 5 heterocycles. The molecule has 2 aromatic rings. The van der Waals surface area contributed by atoms with Gasteiger partial charge in [-0.15, -0.1) is 0 Å². The van der Waals surface area contributed by atoms with Gasteiger partial charge in [-0.3, -0.25) is 0 Å². The maximum Gasteiger partial charge on any atom is 0.410 e. The van der Waals surface area contributed by atoms with Crippen molar-refractivity contribution in [2.75, 3.05) is 36.0 Å². The maximum atomic E-state index is 12.8. The lowest BCUT2D eigenvalue weighted by Gasteiger charge is -2.51. The quantitative estimate of drug-likeness (QED) is 0.461. The van der Waals surface area contributed by atoms with E-state index in [1.807, 2.05) is 37.8 Å². The summed E-state index contributed by atoms with van der Waals surface area (Å²) in [4.78, 5) is 32.9. The first kappa shape index (κ1) is 25.6. The summed E-state index contributed by atoms with van der Waals surface area (Å²) in [7, 11) is 0. The number of hydrogen-bond donors (Lipinski definition) is 0. The number of nitrogens with zero attached hydrogens (tertiary/aromatic N) is 6. The lowest BCUT2D eigenvalue weighted by molar-refractivity contribution is 0.000664. The normalized spacial score (nSPS) is 22.3. The Morgan fingerprint density at radius 2 is 1.61 bits per heavy atom. The van der Waals surface area contributed by atoms with Crippen molar-refractivity contribution in [3.05, 3.63) is 30.1 Å². The molecule has 194 valence electrons. The highest BCUT2D eigenvalue weighted by molar-refractivity contribution is 6.66. The number of fused-ring (bicyclic) bond motifs is 3. The minimum Gasteiger partial charge on any atom is -0.444 e. The lowest BCUT2D eigenvalue weighted by Crippen LogP contribution is -2.65. The van der Waals surface area contributed by atoms with Gasteiger partial charge in [0.15, 0.2) is 11.6 Å². The van der Waals surface area contributed by atoms with Gasteiger partial charge in [0.1, 0.15) is 5.60 Å². The number of aromatic nitrogens is 3. The van der Waals surface area contributed by atoms with Crippen LogP contribution >= 0.6 is 34.8 Å². The Hall–Kier alpha value is -2.03. The molecular weight excluding hydrogens is 523 g/mol. The van der Waals surface area contributed by atoms with Crippen molar-refractivity contribution < 1.29 is 9.53 Å². The lowest BCUT2D eigenvalue weighted by atomic mass is 9.91. The molecule has 2 bridgehead atoms. The number of rotatable bonds is 3. The van der Waals surface area contributed by atoms with Crippen LogP contribution in [0.5, 0.6) is 0 Å². The predicted molar refractivity (Wildman–Crippen MR) is 143 cm³/mol. The molecule has 4 aliphatic rings. The Labute approximate surface area is 226 Å². The fourth-order valence-electron chi connectivity index (χ4n) is 5.16. The van der Waals surface area contributed by atoms with E-state index in [9.17, 15) is 4.79 Å². The molecule has 1 aromatic heterocycles. The van der Waals surface area contributed by atoms with Crippen LogP contribution in [-0.4, -0.2) is 69.8 Å².